The Morgan fingerprint density at radius 2 is 1.15 bits per heavy atom. The van der Waals surface area contributed by atoms with Crippen molar-refractivity contribution in [1.82, 2.24) is 0 Å². The molecule has 0 bridgehead atoms. The van der Waals surface area contributed by atoms with Crippen LogP contribution in [0.4, 0.5) is 0 Å². The van der Waals surface area contributed by atoms with Crippen LogP contribution in [0.3, 0.4) is 0 Å². The van der Waals surface area contributed by atoms with Gasteiger partial charge in [0.1, 0.15) is 0 Å². The summed E-state index contributed by atoms with van der Waals surface area (Å²) in [5, 5.41) is 9.82. The van der Waals surface area contributed by atoms with Gasteiger partial charge in [-0.1, -0.05) is 0 Å². The topological polar surface area (TPSA) is 82.1 Å². The maximum absolute atomic E-state index is 13.1. The summed E-state index contributed by atoms with van der Waals surface area (Å²) in [6, 6.07) is 30.4. The third kappa shape index (κ3) is 6.93. The Balaban J connectivity index is 1.47. The van der Waals surface area contributed by atoms with Crippen LogP contribution in [0.5, 0.6) is 17.2 Å². The van der Waals surface area contributed by atoms with Crippen molar-refractivity contribution in [3.63, 3.8) is 0 Å². The molecule has 0 aliphatic heterocycles. The molecule has 0 saturated heterocycles. The van der Waals surface area contributed by atoms with E-state index in [1.54, 1.807) is 31.4 Å². The molecular formula is C34H36CoO6. The summed E-state index contributed by atoms with van der Waals surface area (Å²) in [6.07, 6.45) is 0.494. The Bertz CT molecular complexity index is 1480. The van der Waals surface area contributed by atoms with Gasteiger partial charge in [0.15, 0.2) is 0 Å². The van der Waals surface area contributed by atoms with Crippen LogP contribution in [0.2, 0.25) is 0 Å². The fourth-order valence-electron chi connectivity index (χ4n) is 4.84. The number of aliphatic hydroxyl groups is 1. The number of methoxy groups -OCH3 is 1. The van der Waals surface area contributed by atoms with Gasteiger partial charge < -0.3 is 0 Å². The van der Waals surface area contributed by atoms with Gasteiger partial charge in [-0.15, -0.1) is 0 Å². The second-order valence-electron chi connectivity index (χ2n) is 10.5. The molecule has 0 heterocycles. The van der Waals surface area contributed by atoms with Crippen LogP contribution in [-0.2, 0) is 33.4 Å². The number of carbonyl (C=O) groups is 1. The predicted molar refractivity (Wildman–Crippen MR) is 155 cm³/mol. The van der Waals surface area contributed by atoms with Gasteiger partial charge in [0.2, 0.25) is 0 Å². The van der Waals surface area contributed by atoms with Crippen molar-refractivity contribution in [2.45, 2.75) is 44.9 Å². The summed E-state index contributed by atoms with van der Waals surface area (Å²) < 4.78 is 29.9. The normalized spacial score (nSPS) is 13.2. The predicted octanol–water partition coefficient (Wildman–Crippen LogP) is 6.22. The van der Waals surface area contributed by atoms with Gasteiger partial charge in [-0.05, 0) is 0 Å². The van der Waals surface area contributed by atoms with E-state index in [1.165, 1.54) is 6.92 Å². The van der Waals surface area contributed by atoms with Crippen LogP contribution in [0.15, 0.2) is 97.1 Å². The molecule has 0 aliphatic rings. The molecule has 0 saturated carbocycles. The van der Waals surface area contributed by atoms with Crippen LogP contribution < -0.4 is 17.8 Å². The first-order valence-corrected chi connectivity index (χ1v) is 14.7. The van der Waals surface area contributed by atoms with E-state index in [4.69, 9.17) is 13.3 Å². The Labute approximate surface area is 246 Å². The fraction of sp³-hybridized carbons (Fsp3) is 0.265. The summed E-state index contributed by atoms with van der Waals surface area (Å²) in [4.78, 5) is 11.3. The first-order valence-electron chi connectivity index (χ1n) is 13.3. The van der Waals surface area contributed by atoms with Crippen LogP contribution in [0, 0.1) is 0 Å². The van der Waals surface area contributed by atoms with Crippen molar-refractivity contribution < 1.29 is 41.0 Å². The third-order valence-corrected chi connectivity index (χ3v) is 8.79. The molecule has 6 nitrogen and oxygen atoms in total. The van der Waals surface area contributed by atoms with E-state index >= 15 is 0 Å². The van der Waals surface area contributed by atoms with Gasteiger partial charge in [0.05, 0.1) is 0 Å². The zero-order valence-corrected chi connectivity index (χ0v) is 25.0. The molecule has 4 aromatic carbocycles. The van der Waals surface area contributed by atoms with Gasteiger partial charge in [-0.2, -0.15) is 0 Å². The molecule has 7 heteroatoms. The molecule has 0 spiro atoms. The van der Waals surface area contributed by atoms with Gasteiger partial charge >= 0.3 is 235 Å². The Kier molecular flexibility index (Phi) is 9.43. The second-order valence-corrected chi connectivity index (χ2v) is 12.0. The molecule has 0 radical (unpaired) electrons. The number of aliphatic hydroxyl groups excluding tert-OH is 1. The van der Waals surface area contributed by atoms with E-state index in [0.717, 1.165) is 28.0 Å². The number of hydrogen-bond donors (Lipinski definition) is 1. The molecule has 4 rings (SSSR count). The molecule has 41 heavy (non-hydrogen) atoms. The zero-order chi connectivity index (χ0) is 29.6. The number of rotatable bonds is 11. The van der Waals surface area contributed by atoms with Gasteiger partial charge in [-0.25, -0.2) is 0 Å². The van der Waals surface area contributed by atoms with Crippen LogP contribution in [-0.4, -0.2) is 24.8 Å². The molecule has 0 fully saturated rings. The summed E-state index contributed by atoms with van der Waals surface area (Å²) >= 11 is -2.08. The standard InChI is InChI=1S/C18H20O4.C16H17O.Co.O/c1-13(20)22-17-9-5-15(6-10-17)18(2,11-12-19)14-3-7-16(21)8-4-14;1-16(2,13-7-5-4-6-8-13)14-9-11-15(17-3)12-10-14;;/h3-10,19,21H,11-12H2,1-2H3;5-12H,1-3H3;;/q;;+1;/p-1. The molecule has 0 amide bonds. The third-order valence-electron chi connectivity index (χ3n) is 7.52. The van der Waals surface area contributed by atoms with E-state index in [0.29, 0.717) is 22.4 Å². The number of esters is 1. The number of carbonyl (C=O) groups excluding carboxylic acids is 1. The minimum atomic E-state index is -2.08. The van der Waals surface area contributed by atoms with Crippen molar-refractivity contribution in [1.29, 1.82) is 0 Å². The van der Waals surface area contributed by atoms with E-state index in [2.05, 4.69) is 32.9 Å². The Hall–Kier alpha value is -3.78. The second kappa shape index (κ2) is 12.8. The Morgan fingerprint density at radius 3 is 1.61 bits per heavy atom. The number of ether oxygens (including phenoxy) is 2. The van der Waals surface area contributed by atoms with E-state index in [-0.39, 0.29) is 18.0 Å². The van der Waals surface area contributed by atoms with Crippen molar-refractivity contribution in [3.8, 4) is 17.2 Å². The van der Waals surface area contributed by atoms with Crippen LogP contribution >= 0.6 is 0 Å². The number of benzene rings is 4. The fourth-order valence-corrected chi connectivity index (χ4v) is 5.78. The summed E-state index contributed by atoms with van der Waals surface area (Å²) in [5.74, 6) is 1.40. The average molecular weight is 600 g/mol. The van der Waals surface area contributed by atoms with E-state index in [9.17, 15) is 13.8 Å². The maximum atomic E-state index is 13.1. The van der Waals surface area contributed by atoms with E-state index < -0.39 is 19.3 Å². The Morgan fingerprint density at radius 1 is 0.707 bits per heavy atom. The minimum absolute atomic E-state index is 0.00252. The van der Waals surface area contributed by atoms with E-state index in [1.807, 2.05) is 60.7 Å². The molecule has 1 atom stereocenters. The molecule has 217 valence electrons. The monoisotopic (exact) mass is 599 g/mol. The van der Waals surface area contributed by atoms with Crippen molar-refractivity contribution >= 4 is 10.5 Å². The summed E-state index contributed by atoms with van der Waals surface area (Å²) in [5.41, 5.74) is 3.47. The SMILES string of the molecule is COc1ccc(C(C)(C)c2cc[c]([Co](=[O])[O]c3ccc(C(C)(CCO)c4ccc(OC(C)=O)cc4)cc3)cc2)cc1. The summed E-state index contributed by atoms with van der Waals surface area (Å²) in [7, 11) is 1.65. The molecule has 1 N–H and O–H groups in total. The molecule has 1 unspecified atom stereocenters. The molecule has 4 aromatic rings. The molecule has 0 aliphatic carbocycles. The number of hydrogen-bond acceptors (Lipinski definition) is 6. The molecule has 0 aromatic heterocycles. The van der Waals surface area contributed by atoms with Crippen molar-refractivity contribution in [2.24, 2.45) is 0 Å². The van der Waals surface area contributed by atoms with Crippen molar-refractivity contribution in [3.05, 3.63) is 119 Å². The quantitative estimate of drug-likeness (QED) is 0.163. The average Bonchev–Trinajstić information content (AvgIpc) is 2.97. The summed E-state index contributed by atoms with van der Waals surface area (Å²) in [6.45, 7) is 7.72. The van der Waals surface area contributed by atoms with Gasteiger partial charge in [0, 0.05) is 6.92 Å². The first-order chi connectivity index (χ1) is 19.6. The van der Waals surface area contributed by atoms with Crippen molar-refractivity contribution in [2.75, 3.05) is 13.7 Å². The van der Waals surface area contributed by atoms with Crippen LogP contribution in [0.1, 0.15) is 56.4 Å². The molecular weight excluding hydrogens is 563 g/mol. The van der Waals surface area contributed by atoms with Crippen LogP contribution in [0.25, 0.3) is 0 Å². The van der Waals surface area contributed by atoms with Gasteiger partial charge in [0.25, 0.3) is 0 Å². The first kappa shape index (κ1) is 30.2. The zero-order valence-electron chi connectivity index (χ0n) is 24.0. The van der Waals surface area contributed by atoms with Gasteiger partial charge in [-0.3, -0.25) is 4.79 Å².